The van der Waals surface area contributed by atoms with Gasteiger partial charge in [0.1, 0.15) is 11.8 Å². The molecule has 2 atom stereocenters. The van der Waals surface area contributed by atoms with Gasteiger partial charge in [0.2, 0.25) is 6.61 Å². The van der Waals surface area contributed by atoms with Crippen LogP contribution in [0.25, 0.3) is 0 Å². The first-order chi connectivity index (χ1) is 12.1. The Labute approximate surface area is 143 Å². The molecule has 25 heavy (non-hydrogen) atoms. The van der Waals surface area contributed by atoms with Gasteiger partial charge in [-0.1, -0.05) is 41.6 Å². The normalized spacial score (nSPS) is 28.2. The second kappa shape index (κ2) is 6.08. The zero-order valence-electron chi connectivity index (χ0n) is 13.3. The van der Waals surface area contributed by atoms with E-state index in [-0.39, 0.29) is 5.91 Å². The van der Waals surface area contributed by atoms with Gasteiger partial charge in [-0.15, -0.1) is 0 Å². The minimum atomic E-state index is -1.11. The summed E-state index contributed by atoms with van der Waals surface area (Å²) in [6.45, 7) is -0.541. The number of carboxylic acids is 1. The number of nitrogens with zero attached hydrogens (tertiary/aromatic N) is 3. The van der Waals surface area contributed by atoms with Crippen molar-refractivity contribution in [3.63, 3.8) is 0 Å². The molecule has 126 valence electrons. The van der Waals surface area contributed by atoms with E-state index in [2.05, 4.69) is 10.1 Å². The Balaban J connectivity index is 1.71. The highest BCUT2D eigenvalue weighted by atomic mass is 16.6. The summed E-state index contributed by atoms with van der Waals surface area (Å²) in [5, 5.41) is 12.8. The maximum Gasteiger partial charge on any atom is 0.344 e. The van der Waals surface area contributed by atoms with Gasteiger partial charge in [0.15, 0.2) is 0 Å². The molecule has 7 nitrogen and oxygen atoms in total. The summed E-state index contributed by atoms with van der Waals surface area (Å²) in [6.07, 6.45) is 12.8. The van der Waals surface area contributed by atoms with E-state index in [0.29, 0.717) is 18.6 Å². The monoisotopic (exact) mass is 337 g/mol. The number of allylic oxidation sites excluding steroid dienone is 6. The van der Waals surface area contributed by atoms with Crippen LogP contribution in [0, 0.1) is 5.92 Å². The van der Waals surface area contributed by atoms with Crippen LogP contribution in [-0.2, 0) is 14.4 Å². The molecule has 0 aromatic rings. The standard InChI is InChI=1S/C18H15N3O4/c22-14(23)9-25-21-16-11-6-2-4-8-13(11)19-17(16)15-10-5-1-3-7-12(10)20-18(15)24/h1-6,15,17H,7-9H2,(H,22,23)/b21-16+. The average molecular weight is 337 g/mol. The van der Waals surface area contributed by atoms with E-state index in [9.17, 15) is 9.59 Å². The molecule has 0 fully saturated rings. The topological polar surface area (TPSA) is 101 Å². The van der Waals surface area contributed by atoms with Crippen LogP contribution in [0.2, 0.25) is 0 Å². The Bertz CT molecular complexity index is 871. The number of rotatable bonds is 4. The summed E-state index contributed by atoms with van der Waals surface area (Å²) < 4.78 is 0. The zero-order valence-corrected chi connectivity index (χ0v) is 13.3. The van der Waals surface area contributed by atoms with Crippen LogP contribution in [0.15, 0.2) is 62.7 Å². The van der Waals surface area contributed by atoms with Crippen molar-refractivity contribution < 1.29 is 19.5 Å². The molecule has 2 aliphatic heterocycles. The first-order valence-corrected chi connectivity index (χ1v) is 7.99. The van der Waals surface area contributed by atoms with Crippen molar-refractivity contribution in [1.82, 2.24) is 0 Å². The van der Waals surface area contributed by atoms with Crippen molar-refractivity contribution in [2.45, 2.75) is 18.9 Å². The number of amides is 1. The lowest BCUT2D eigenvalue weighted by Crippen LogP contribution is -2.31. The van der Waals surface area contributed by atoms with E-state index in [1.165, 1.54) is 0 Å². The van der Waals surface area contributed by atoms with Crippen LogP contribution < -0.4 is 0 Å². The highest BCUT2D eigenvalue weighted by molar-refractivity contribution is 6.32. The van der Waals surface area contributed by atoms with E-state index < -0.39 is 24.5 Å². The van der Waals surface area contributed by atoms with Gasteiger partial charge in [0.05, 0.1) is 11.6 Å². The van der Waals surface area contributed by atoms with Crippen LogP contribution in [0.3, 0.4) is 0 Å². The fourth-order valence-electron chi connectivity index (χ4n) is 3.39. The lowest BCUT2D eigenvalue weighted by molar-refractivity contribution is -0.142. The molecule has 0 aromatic carbocycles. The van der Waals surface area contributed by atoms with Crippen molar-refractivity contribution in [1.29, 1.82) is 0 Å². The summed E-state index contributed by atoms with van der Waals surface area (Å²) in [5.41, 5.74) is 3.75. The molecular weight excluding hydrogens is 322 g/mol. The molecule has 7 heteroatoms. The molecule has 2 heterocycles. The van der Waals surface area contributed by atoms with Gasteiger partial charge < -0.3 is 9.94 Å². The number of aliphatic carboxylic acids is 1. The number of hydrogen-bond donors (Lipinski definition) is 1. The molecule has 0 bridgehead atoms. The molecule has 0 aromatic heterocycles. The lowest BCUT2D eigenvalue weighted by Gasteiger charge is -2.18. The fraction of sp³-hybridized carbons (Fsp3) is 0.278. The van der Waals surface area contributed by atoms with Crippen molar-refractivity contribution in [2.75, 3.05) is 6.61 Å². The minimum absolute atomic E-state index is 0.238. The average Bonchev–Trinajstić information content (AvgIpc) is 3.11. The van der Waals surface area contributed by atoms with Gasteiger partial charge in [-0.3, -0.25) is 9.79 Å². The number of carbonyl (C=O) groups is 2. The number of oxime groups is 1. The third-order valence-electron chi connectivity index (χ3n) is 4.44. The zero-order chi connectivity index (χ0) is 17.4. The van der Waals surface area contributed by atoms with Crippen LogP contribution in [0.4, 0.5) is 0 Å². The van der Waals surface area contributed by atoms with Gasteiger partial charge in [-0.2, -0.15) is 0 Å². The van der Waals surface area contributed by atoms with Crippen molar-refractivity contribution >= 4 is 29.0 Å². The van der Waals surface area contributed by atoms with Crippen LogP contribution in [0.1, 0.15) is 12.8 Å². The fourth-order valence-corrected chi connectivity index (χ4v) is 3.39. The largest absolute Gasteiger partial charge is 0.479 e. The summed E-state index contributed by atoms with van der Waals surface area (Å²) in [6, 6.07) is -0.540. The Kier molecular flexibility index (Phi) is 3.76. The summed E-state index contributed by atoms with van der Waals surface area (Å²) in [4.78, 5) is 37.0. The minimum Gasteiger partial charge on any atom is -0.479 e. The predicted octanol–water partition coefficient (Wildman–Crippen LogP) is 1.64. The maximum atomic E-state index is 12.5. The van der Waals surface area contributed by atoms with E-state index in [4.69, 9.17) is 14.9 Å². The molecule has 0 radical (unpaired) electrons. The Morgan fingerprint density at radius 1 is 1.24 bits per heavy atom. The van der Waals surface area contributed by atoms with Crippen LogP contribution in [0.5, 0.6) is 0 Å². The van der Waals surface area contributed by atoms with Crippen molar-refractivity contribution in [3.8, 4) is 0 Å². The van der Waals surface area contributed by atoms with Gasteiger partial charge in [-0.25, -0.2) is 9.79 Å². The maximum absolute atomic E-state index is 12.5. The Morgan fingerprint density at radius 3 is 2.80 bits per heavy atom. The van der Waals surface area contributed by atoms with Gasteiger partial charge >= 0.3 is 5.97 Å². The summed E-state index contributed by atoms with van der Waals surface area (Å²) in [7, 11) is 0. The number of carboxylic acid groups (broad SMARTS) is 1. The van der Waals surface area contributed by atoms with Crippen LogP contribution in [-0.4, -0.2) is 46.8 Å². The second-order valence-corrected chi connectivity index (χ2v) is 6.01. The smallest absolute Gasteiger partial charge is 0.344 e. The number of fused-ring (bicyclic) bond motifs is 2. The Morgan fingerprint density at radius 2 is 2.00 bits per heavy atom. The van der Waals surface area contributed by atoms with Crippen LogP contribution >= 0.6 is 0 Å². The first-order valence-electron chi connectivity index (χ1n) is 7.99. The first kappa shape index (κ1) is 15.4. The molecule has 0 spiro atoms. The molecule has 1 amide bonds. The van der Waals surface area contributed by atoms with E-state index in [0.717, 1.165) is 22.6 Å². The molecule has 2 unspecified atom stereocenters. The lowest BCUT2D eigenvalue weighted by atomic mass is 9.84. The third-order valence-corrected chi connectivity index (χ3v) is 4.44. The molecule has 0 saturated carbocycles. The van der Waals surface area contributed by atoms with Gasteiger partial charge in [0.25, 0.3) is 5.91 Å². The highest BCUT2D eigenvalue weighted by Crippen LogP contribution is 2.36. The second-order valence-electron chi connectivity index (χ2n) is 6.01. The van der Waals surface area contributed by atoms with Crippen molar-refractivity contribution in [2.24, 2.45) is 21.1 Å². The third kappa shape index (κ3) is 2.67. The van der Waals surface area contributed by atoms with Gasteiger partial charge in [-0.05, 0) is 5.57 Å². The quantitative estimate of drug-likeness (QED) is 0.788. The van der Waals surface area contributed by atoms with Gasteiger partial charge in [0, 0.05) is 24.1 Å². The molecule has 0 saturated heterocycles. The predicted molar refractivity (Wildman–Crippen MR) is 91.9 cm³/mol. The number of aliphatic imine (C=N–C) groups is 2. The van der Waals surface area contributed by atoms with E-state index in [1.54, 1.807) is 0 Å². The number of carbonyl (C=O) groups excluding carboxylic acids is 1. The molecule has 4 rings (SSSR count). The molecule has 1 N–H and O–H groups in total. The van der Waals surface area contributed by atoms with Crippen molar-refractivity contribution in [3.05, 3.63) is 47.6 Å². The summed E-state index contributed by atoms with van der Waals surface area (Å²) in [5.74, 6) is -1.89. The van der Waals surface area contributed by atoms with E-state index >= 15 is 0 Å². The molecular formula is C18H15N3O4. The highest BCUT2D eigenvalue weighted by Gasteiger charge is 2.45. The number of hydrogen-bond acceptors (Lipinski definition) is 5. The Hall–Kier alpha value is -3.09. The van der Waals surface area contributed by atoms with E-state index in [1.807, 2.05) is 36.5 Å². The molecule has 4 aliphatic rings. The molecule has 2 aliphatic carbocycles. The SMILES string of the molecule is O=C(O)CO/N=C1\C2=CC=CCC2=NC1C1C(=O)N=C2CC=CC=C21. The summed E-state index contributed by atoms with van der Waals surface area (Å²) >= 11 is 0.